The largest absolute Gasteiger partial charge is 0.409 e. The van der Waals surface area contributed by atoms with Gasteiger partial charge in [0.15, 0.2) is 5.84 Å². The SMILES string of the molecule is N/C(=N/O)C(CNCCc1cccc(F)c1)C(F)(F)F. The van der Waals surface area contributed by atoms with Crippen LogP contribution < -0.4 is 11.1 Å². The highest BCUT2D eigenvalue weighted by atomic mass is 19.4. The van der Waals surface area contributed by atoms with Gasteiger partial charge in [-0.1, -0.05) is 17.3 Å². The topological polar surface area (TPSA) is 70.6 Å². The maximum absolute atomic E-state index is 12.9. The van der Waals surface area contributed by atoms with Crippen LogP contribution in [0.1, 0.15) is 5.56 Å². The molecule has 0 saturated heterocycles. The summed E-state index contributed by atoms with van der Waals surface area (Å²) in [5.74, 6) is -3.34. The fraction of sp³-hybridized carbons (Fsp3) is 0.417. The number of oxime groups is 1. The fourth-order valence-electron chi connectivity index (χ4n) is 1.63. The van der Waals surface area contributed by atoms with E-state index in [4.69, 9.17) is 10.9 Å². The van der Waals surface area contributed by atoms with Crippen molar-refractivity contribution in [1.29, 1.82) is 0 Å². The second-order valence-corrected chi connectivity index (χ2v) is 4.20. The first-order valence-corrected chi connectivity index (χ1v) is 5.84. The molecule has 0 fully saturated rings. The van der Waals surface area contributed by atoms with Crippen molar-refractivity contribution in [3.63, 3.8) is 0 Å². The van der Waals surface area contributed by atoms with Crippen LogP contribution in [-0.4, -0.2) is 30.3 Å². The van der Waals surface area contributed by atoms with Gasteiger partial charge in [0, 0.05) is 6.54 Å². The maximum atomic E-state index is 12.9. The summed E-state index contributed by atoms with van der Waals surface area (Å²) >= 11 is 0. The Hall–Kier alpha value is -1.83. The molecule has 0 bridgehead atoms. The zero-order valence-corrected chi connectivity index (χ0v) is 10.5. The fourth-order valence-corrected chi connectivity index (χ4v) is 1.63. The Morgan fingerprint density at radius 1 is 1.40 bits per heavy atom. The minimum Gasteiger partial charge on any atom is -0.409 e. The van der Waals surface area contributed by atoms with Gasteiger partial charge in [-0.15, -0.1) is 0 Å². The van der Waals surface area contributed by atoms with Gasteiger partial charge in [-0.2, -0.15) is 13.2 Å². The van der Waals surface area contributed by atoms with Crippen LogP contribution in [0.15, 0.2) is 29.4 Å². The molecule has 0 aromatic heterocycles. The number of benzene rings is 1. The monoisotopic (exact) mass is 293 g/mol. The Morgan fingerprint density at radius 2 is 2.10 bits per heavy atom. The van der Waals surface area contributed by atoms with E-state index in [0.717, 1.165) is 0 Å². The zero-order chi connectivity index (χ0) is 15.2. The van der Waals surface area contributed by atoms with E-state index in [2.05, 4.69) is 10.5 Å². The Kier molecular flexibility index (Phi) is 5.75. The van der Waals surface area contributed by atoms with E-state index in [-0.39, 0.29) is 6.54 Å². The van der Waals surface area contributed by atoms with E-state index >= 15 is 0 Å². The Labute approximate surface area is 113 Å². The predicted octanol–water partition coefficient (Wildman–Crippen LogP) is 1.88. The number of amidine groups is 1. The first-order valence-electron chi connectivity index (χ1n) is 5.84. The summed E-state index contributed by atoms with van der Waals surface area (Å²) in [6.45, 7) is -0.288. The normalized spacial score (nSPS) is 14.3. The Balaban J connectivity index is 2.46. The van der Waals surface area contributed by atoms with Crippen molar-refractivity contribution < 1.29 is 22.8 Å². The average molecular weight is 293 g/mol. The van der Waals surface area contributed by atoms with Crippen LogP contribution >= 0.6 is 0 Å². The summed E-state index contributed by atoms with van der Waals surface area (Å²) in [6.07, 6.45) is -4.22. The van der Waals surface area contributed by atoms with Gasteiger partial charge >= 0.3 is 6.18 Å². The average Bonchev–Trinajstić information content (AvgIpc) is 2.36. The van der Waals surface area contributed by atoms with Gasteiger partial charge in [-0.25, -0.2) is 4.39 Å². The molecular formula is C12H15F4N3O. The third-order valence-electron chi connectivity index (χ3n) is 2.70. The molecule has 8 heteroatoms. The lowest BCUT2D eigenvalue weighted by Gasteiger charge is -2.19. The molecule has 20 heavy (non-hydrogen) atoms. The third-order valence-corrected chi connectivity index (χ3v) is 2.70. The molecule has 0 radical (unpaired) electrons. The molecule has 0 aliphatic rings. The zero-order valence-electron chi connectivity index (χ0n) is 10.5. The van der Waals surface area contributed by atoms with Crippen molar-refractivity contribution in [3.05, 3.63) is 35.6 Å². The van der Waals surface area contributed by atoms with Crippen molar-refractivity contribution >= 4 is 5.84 Å². The molecule has 1 aromatic rings. The van der Waals surface area contributed by atoms with E-state index in [1.807, 2.05) is 0 Å². The van der Waals surface area contributed by atoms with Crippen LogP contribution in [0.3, 0.4) is 0 Å². The van der Waals surface area contributed by atoms with Crippen LogP contribution in [-0.2, 0) is 6.42 Å². The first-order chi connectivity index (χ1) is 9.34. The molecule has 0 aliphatic carbocycles. The molecule has 0 aliphatic heterocycles. The molecule has 1 atom stereocenters. The van der Waals surface area contributed by atoms with E-state index < -0.39 is 30.3 Å². The molecule has 1 rings (SSSR count). The van der Waals surface area contributed by atoms with Gasteiger partial charge < -0.3 is 16.3 Å². The van der Waals surface area contributed by atoms with Crippen molar-refractivity contribution in [1.82, 2.24) is 5.32 Å². The minimum atomic E-state index is -4.60. The van der Waals surface area contributed by atoms with Crippen molar-refractivity contribution in [2.24, 2.45) is 16.8 Å². The van der Waals surface area contributed by atoms with E-state index in [0.29, 0.717) is 12.0 Å². The van der Waals surface area contributed by atoms with Crippen LogP contribution in [0.25, 0.3) is 0 Å². The summed E-state index contributed by atoms with van der Waals surface area (Å²) in [4.78, 5) is 0. The van der Waals surface area contributed by atoms with Gasteiger partial charge in [0.1, 0.15) is 11.7 Å². The van der Waals surface area contributed by atoms with Gasteiger partial charge in [0.2, 0.25) is 0 Å². The lowest BCUT2D eigenvalue weighted by molar-refractivity contribution is -0.154. The molecule has 1 aromatic carbocycles. The second kappa shape index (κ2) is 7.09. The van der Waals surface area contributed by atoms with Gasteiger partial charge in [-0.05, 0) is 30.7 Å². The summed E-state index contributed by atoms with van der Waals surface area (Å²) in [5.41, 5.74) is 5.68. The number of alkyl halides is 3. The van der Waals surface area contributed by atoms with Crippen LogP contribution in [0, 0.1) is 11.7 Å². The molecule has 4 nitrogen and oxygen atoms in total. The van der Waals surface area contributed by atoms with Crippen molar-refractivity contribution in [3.8, 4) is 0 Å². The standard InChI is InChI=1S/C12H15F4N3O/c13-9-3-1-2-8(6-9)4-5-18-7-10(11(17)19-20)12(14,15)16/h1-3,6,10,18,20H,4-5,7H2,(H2,17,19). The van der Waals surface area contributed by atoms with Crippen LogP contribution in [0.4, 0.5) is 17.6 Å². The van der Waals surface area contributed by atoms with E-state index in [1.54, 1.807) is 6.07 Å². The number of halogens is 4. The molecule has 0 saturated carbocycles. The molecular weight excluding hydrogens is 278 g/mol. The van der Waals surface area contributed by atoms with Gasteiger partial charge in [0.05, 0.1) is 0 Å². The Morgan fingerprint density at radius 3 is 2.65 bits per heavy atom. The first kappa shape index (κ1) is 16.2. The molecule has 1 unspecified atom stereocenters. The number of nitrogens with one attached hydrogen (secondary N) is 1. The highest BCUT2D eigenvalue weighted by Gasteiger charge is 2.42. The van der Waals surface area contributed by atoms with Crippen LogP contribution in [0.2, 0.25) is 0 Å². The van der Waals surface area contributed by atoms with E-state index in [1.165, 1.54) is 18.2 Å². The molecule has 4 N–H and O–H groups in total. The molecule has 112 valence electrons. The summed E-state index contributed by atoms with van der Waals surface area (Å²) < 4.78 is 50.7. The molecule has 0 spiro atoms. The maximum Gasteiger partial charge on any atom is 0.400 e. The van der Waals surface area contributed by atoms with Gasteiger partial charge in [0.25, 0.3) is 0 Å². The minimum absolute atomic E-state index is 0.217. The van der Waals surface area contributed by atoms with Crippen molar-refractivity contribution in [2.75, 3.05) is 13.1 Å². The Bertz CT molecular complexity index is 462. The predicted molar refractivity (Wildman–Crippen MR) is 65.9 cm³/mol. The second-order valence-electron chi connectivity index (χ2n) is 4.20. The summed E-state index contributed by atoms with van der Waals surface area (Å²) in [7, 11) is 0. The highest BCUT2D eigenvalue weighted by Crippen LogP contribution is 2.25. The lowest BCUT2D eigenvalue weighted by Crippen LogP contribution is -2.43. The van der Waals surface area contributed by atoms with Crippen LogP contribution in [0.5, 0.6) is 0 Å². The smallest absolute Gasteiger partial charge is 0.400 e. The van der Waals surface area contributed by atoms with Crippen molar-refractivity contribution in [2.45, 2.75) is 12.6 Å². The molecule has 0 heterocycles. The summed E-state index contributed by atoms with van der Waals surface area (Å²) in [6, 6.07) is 5.80. The number of rotatable bonds is 6. The number of nitrogens with zero attached hydrogens (tertiary/aromatic N) is 1. The van der Waals surface area contributed by atoms with Gasteiger partial charge in [-0.3, -0.25) is 0 Å². The summed E-state index contributed by atoms with van der Waals surface area (Å²) in [5, 5.41) is 13.3. The number of nitrogens with two attached hydrogens (primary N) is 1. The third kappa shape index (κ3) is 5.04. The molecule has 0 amide bonds. The highest BCUT2D eigenvalue weighted by molar-refractivity contribution is 5.83. The quantitative estimate of drug-likeness (QED) is 0.187. The number of hydrogen-bond donors (Lipinski definition) is 3. The lowest BCUT2D eigenvalue weighted by atomic mass is 10.1. The van der Waals surface area contributed by atoms with E-state index in [9.17, 15) is 17.6 Å². The number of hydrogen-bond acceptors (Lipinski definition) is 3.